The summed E-state index contributed by atoms with van der Waals surface area (Å²) in [7, 11) is 0. The van der Waals surface area contributed by atoms with Gasteiger partial charge in [0.2, 0.25) is 0 Å². The lowest BCUT2D eigenvalue weighted by Gasteiger charge is -2.20. The van der Waals surface area contributed by atoms with Gasteiger partial charge in [-0.1, -0.05) is 12.1 Å². The summed E-state index contributed by atoms with van der Waals surface area (Å²) < 4.78 is 0.948. The number of benzene rings is 2. The third-order valence-corrected chi connectivity index (χ3v) is 3.77. The van der Waals surface area contributed by atoms with Crippen molar-refractivity contribution in [2.45, 2.75) is 13.8 Å². The van der Waals surface area contributed by atoms with Crippen LogP contribution in [-0.4, -0.2) is 13.1 Å². The number of halogens is 1. The first-order chi connectivity index (χ1) is 9.74. The molecule has 0 bridgehead atoms. The van der Waals surface area contributed by atoms with Gasteiger partial charge in [0.1, 0.15) is 0 Å². The van der Waals surface area contributed by atoms with Gasteiger partial charge in [0, 0.05) is 23.2 Å². The summed E-state index contributed by atoms with van der Waals surface area (Å²) in [5, 5.41) is 8.52. The molecule has 20 heavy (non-hydrogen) atoms. The Kier molecular flexibility index (Phi) is 5.30. The van der Waals surface area contributed by atoms with E-state index in [1.54, 1.807) is 0 Å². The molecule has 0 saturated heterocycles. The first-order valence-corrected chi connectivity index (χ1v) is 7.55. The highest BCUT2D eigenvalue weighted by atomic mass is 79.9. The van der Waals surface area contributed by atoms with Crippen LogP contribution in [0, 0.1) is 0 Å². The standard InChI is InChI=1S/C16H18BrN3/c1-3-20(4-2)14-11-9-13(10-12-14)18-19-16-8-6-5-7-15(16)17/h5-12H,3-4H2,1-2H3. The average Bonchev–Trinajstić information content (AvgIpc) is 2.49. The third kappa shape index (κ3) is 3.67. The summed E-state index contributed by atoms with van der Waals surface area (Å²) in [5.41, 5.74) is 2.91. The van der Waals surface area contributed by atoms with Crippen LogP contribution in [0.15, 0.2) is 63.2 Å². The molecule has 0 fully saturated rings. The Labute approximate surface area is 128 Å². The SMILES string of the molecule is CCN(CC)c1ccc(N=Nc2ccccc2Br)cc1. The topological polar surface area (TPSA) is 28.0 Å². The first kappa shape index (κ1) is 14.7. The predicted octanol–water partition coefficient (Wildman–Crippen LogP) is 5.71. The molecule has 2 aromatic carbocycles. The Morgan fingerprint density at radius 2 is 1.55 bits per heavy atom. The van der Waals surface area contributed by atoms with Gasteiger partial charge < -0.3 is 4.90 Å². The Morgan fingerprint density at radius 1 is 0.900 bits per heavy atom. The number of hydrogen-bond acceptors (Lipinski definition) is 3. The molecule has 0 atom stereocenters. The molecule has 2 rings (SSSR count). The van der Waals surface area contributed by atoms with Crippen LogP contribution in [0.4, 0.5) is 17.1 Å². The first-order valence-electron chi connectivity index (χ1n) is 6.76. The largest absolute Gasteiger partial charge is 0.372 e. The number of rotatable bonds is 5. The molecule has 4 heteroatoms. The van der Waals surface area contributed by atoms with Gasteiger partial charge in [-0.3, -0.25) is 0 Å². The Bertz CT molecular complexity index is 575. The Morgan fingerprint density at radius 3 is 2.15 bits per heavy atom. The minimum atomic E-state index is 0.834. The Hall–Kier alpha value is -1.68. The molecule has 104 valence electrons. The van der Waals surface area contributed by atoms with Crippen molar-refractivity contribution in [2.75, 3.05) is 18.0 Å². The lowest BCUT2D eigenvalue weighted by molar-refractivity contribution is 0.866. The van der Waals surface area contributed by atoms with E-state index in [0.717, 1.165) is 28.9 Å². The Balaban J connectivity index is 2.13. The average molecular weight is 332 g/mol. The number of hydrogen-bond donors (Lipinski definition) is 0. The fourth-order valence-electron chi connectivity index (χ4n) is 1.96. The van der Waals surface area contributed by atoms with E-state index in [4.69, 9.17) is 0 Å². The van der Waals surface area contributed by atoms with Crippen molar-refractivity contribution in [3.8, 4) is 0 Å². The molecular formula is C16H18BrN3. The van der Waals surface area contributed by atoms with Crippen LogP contribution in [0.3, 0.4) is 0 Å². The maximum absolute atomic E-state index is 4.27. The smallest absolute Gasteiger partial charge is 0.0998 e. The van der Waals surface area contributed by atoms with Gasteiger partial charge >= 0.3 is 0 Å². The summed E-state index contributed by atoms with van der Waals surface area (Å²) in [4.78, 5) is 2.30. The number of anilines is 1. The molecule has 0 spiro atoms. The maximum atomic E-state index is 4.27. The predicted molar refractivity (Wildman–Crippen MR) is 88.3 cm³/mol. The second-order valence-corrected chi connectivity index (χ2v) is 5.19. The van der Waals surface area contributed by atoms with Crippen molar-refractivity contribution in [1.82, 2.24) is 0 Å². The summed E-state index contributed by atoms with van der Waals surface area (Å²) in [6.07, 6.45) is 0. The molecule has 0 saturated carbocycles. The maximum Gasteiger partial charge on any atom is 0.0998 e. The zero-order chi connectivity index (χ0) is 14.4. The van der Waals surface area contributed by atoms with Crippen LogP contribution in [0.25, 0.3) is 0 Å². The molecule has 0 aliphatic heterocycles. The van der Waals surface area contributed by atoms with Gasteiger partial charge in [-0.15, -0.1) is 5.11 Å². The van der Waals surface area contributed by atoms with Crippen molar-refractivity contribution in [3.63, 3.8) is 0 Å². The highest BCUT2D eigenvalue weighted by Crippen LogP contribution is 2.27. The van der Waals surface area contributed by atoms with E-state index >= 15 is 0 Å². The van der Waals surface area contributed by atoms with Crippen LogP contribution >= 0.6 is 15.9 Å². The summed E-state index contributed by atoms with van der Waals surface area (Å²) in [6, 6.07) is 15.9. The highest BCUT2D eigenvalue weighted by molar-refractivity contribution is 9.10. The zero-order valence-corrected chi connectivity index (χ0v) is 13.3. The van der Waals surface area contributed by atoms with Crippen molar-refractivity contribution >= 4 is 33.0 Å². The molecule has 0 N–H and O–H groups in total. The minimum absolute atomic E-state index is 0.834. The van der Waals surface area contributed by atoms with Crippen molar-refractivity contribution in [1.29, 1.82) is 0 Å². The van der Waals surface area contributed by atoms with E-state index in [1.165, 1.54) is 5.69 Å². The fourth-order valence-corrected chi connectivity index (χ4v) is 2.33. The monoisotopic (exact) mass is 331 g/mol. The van der Waals surface area contributed by atoms with Gasteiger partial charge in [0.05, 0.1) is 11.4 Å². The van der Waals surface area contributed by atoms with Gasteiger partial charge in [0.15, 0.2) is 0 Å². The van der Waals surface area contributed by atoms with Crippen LogP contribution in [-0.2, 0) is 0 Å². The van der Waals surface area contributed by atoms with E-state index in [1.807, 2.05) is 36.4 Å². The van der Waals surface area contributed by atoms with Gasteiger partial charge in [-0.25, -0.2) is 0 Å². The lowest BCUT2D eigenvalue weighted by atomic mass is 10.2. The normalized spacial score (nSPS) is 10.9. The van der Waals surface area contributed by atoms with E-state index in [-0.39, 0.29) is 0 Å². The van der Waals surface area contributed by atoms with Crippen molar-refractivity contribution < 1.29 is 0 Å². The van der Waals surface area contributed by atoms with E-state index in [0.29, 0.717) is 0 Å². The third-order valence-electron chi connectivity index (χ3n) is 3.10. The van der Waals surface area contributed by atoms with E-state index in [9.17, 15) is 0 Å². The van der Waals surface area contributed by atoms with Crippen molar-refractivity contribution in [2.24, 2.45) is 10.2 Å². The van der Waals surface area contributed by atoms with Crippen LogP contribution < -0.4 is 4.90 Å². The molecule has 0 aliphatic carbocycles. The van der Waals surface area contributed by atoms with Crippen LogP contribution in [0.5, 0.6) is 0 Å². The summed E-state index contributed by atoms with van der Waals surface area (Å²) >= 11 is 3.46. The van der Waals surface area contributed by atoms with Crippen LogP contribution in [0.2, 0.25) is 0 Å². The zero-order valence-electron chi connectivity index (χ0n) is 11.8. The molecule has 2 aromatic rings. The molecule has 0 aromatic heterocycles. The van der Waals surface area contributed by atoms with Gasteiger partial charge in [-0.05, 0) is 66.2 Å². The molecule has 3 nitrogen and oxygen atoms in total. The molecule has 0 amide bonds. The highest BCUT2D eigenvalue weighted by Gasteiger charge is 2.01. The summed E-state index contributed by atoms with van der Waals surface area (Å²) in [5.74, 6) is 0. The molecule has 0 unspecified atom stereocenters. The van der Waals surface area contributed by atoms with Crippen LogP contribution in [0.1, 0.15) is 13.8 Å². The number of azo groups is 1. The van der Waals surface area contributed by atoms with Gasteiger partial charge in [-0.2, -0.15) is 5.11 Å². The van der Waals surface area contributed by atoms with E-state index < -0.39 is 0 Å². The summed E-state index contributed by atoms with van der Waals surface area (Å²) in [6.45, 7) is 6.33. The molecule has 0 heterocycles. The second-order valence-electron chi connectivity index (χ2n) is 4.34. The quantitative estimate of drug-likeness (QED) is 0.644. The number of nitrogens with zero attached hydrogens (tertiary/aromatic N) is 3. The van der Waals surface area contributed by atoms with Crippen molar-refractivity contribution in [3.05, 3.63) is 53.0 Å². The molecular weight excluding hydrogens is 314 g/mol. The molecule has 0 radical (unpaired) electrons. The molecule has 0 aliphatic rings. The minimum Gasteiger partial charge on any atom is -0.372 e. The van der Waals surface area contributed by atoms with E-state index in [2.05, 4.69) is 57.0 Å². The van der Waals surface area contributed by atoms with Gasteiger partial charge in [0.25, 0.3) is 0 Å². The second kappa shape index (κ2) is 7.20. The fraction of sp³-hybridized carbons (Fsp3) is 0.250. The lowest BCUT2D eigenvalue weighted by Crippen LogP contribution is -2.21.